The van der Waals surface area contributed by atoms with Gasteiger partial charge in [-0.3, -0.25) is 4.79 Å². The number of carboxylic acid groups (broad SMARTS) is 1. The molecule has 0 bridgehead atoms. The SMILES string of the molecule is Cl.O=C(O)CCc1ccc(Nc2ncc(Cl)c(CCC3CCCO3)n2)cc1. The van der Waals surface area contributed by atoms with Crippen molar-refractivity contribution in [2.45, 2.75) is 44.6 Å². The zero-order chi connectivity index (χ0) is 18.4. The van der Waals surface area contributed by atoms with Gasteiger partial charge in [-0.2, -0.15) is 0 Å². The number of aromatic nitrogens is 2. The number of halogens is 2. The van der Waals surface area contributed by atoms with Gasteiger partial charge < -0.3 is 15.2 Å². The van der Waals surface area contributed by atoms with Crippen molar-refractivity contribution in [1.29, 1.82) is 0 Å². The Morgan fingerprint density at radius 3 is 2.74 bits per heavy atom. The largest absolute Gasteiger partial charge is 0.481 e. The Bertz CT molecular complexity index is 750. The summed E-state index contributed by atoms with van der Waals surface area (Å²) in [7, 11) is 0. The van der Waals surface area contributed by atoms with E-state index in [1.165, 1.54) is 0 Å². The van der Waals surface area contributed by atoms with Crippen molar-refractivity contribution in [3.63, 3.8) is 0 Å². The van der Waals surface area contributed by atoms with Gasteiger partial charge >= 0.3 is 5.97 Å². The predicted octanol–water partition coefficient (Wildman–Crippen LogP) is 4.42. The number of hydrogen-bond acceptors (Lipinski definition) is 5. The number of nitrogens with one attached hydrogen (secondary N) is 1. The lowest BCUT2D eigenvalue weighted by atomic mass is 10.1. The molecule has 0 radical (unpaired) electrons. The van der Waals surface area contributed by atoms with Gasteiger partial charge in [0.15, 0.2) is 0 Å². The highest BCUT2D eigenvalue weighted by molar-refractivity contribution is 6.31. The molecule has 1 atom stereocenters. The molecule has 0 aliphatic carbocycles. The number of carboxylic acids is 1. The molecule has 2 heterocycles. The molecule has 1 aliphatic rings. The van der Waals surface area contributed by atoms with Crippen molar-refractivity contribution in [2.24, 2.45) is 0 Å². The lowest BCUT2D eigenvalue weighted by Gasteiger charge is -2.11. The van der Waals surface area contributed by atoms with Gasteiger partial charge in [-0.1, -0.05) is 23.7 Å². The summed E-state index contributed by atoms with van der Waals surface area (Å²) in [5.74, 6) is -0.299. The Hall–Kier alpha value is -1.89. The van der Waals surface area contributed by atoms with E-state index in [9.17, 15) is 4.79 Å². The summed E-state index contributed by atoms with van der Waals surface area (Å²) in [6.07, 6.45) is 6.45. The maximum absolute atomic E-state index is 10.6. The molecule has 1 unspecified atom stereocenters. The highest BCUT2D eigenvalue weighted by Crippen LogP contribution is 2.22. The van der Waals surface area contributed by atoms with E-state index in [0.717, 1.165) is 49.2 Å². The Morgan fingerprint density at radius 1 is 1.30 bits per heavy atom. The van der Waals surface area contributed by atoms with E-state index in [1.807, 2.05) is 24.3 Å². The Morgan fingerprint density at radius 2 is 2.07 bits per heavy atom. The molecule has 27 heavy (non-hydrogen) atoms. The average molecular weight is 412 g/mol. The van der Waals surface area contributed by atoms with Crippen LogP contribution in [0.4, 0.5) is 11.6 Å². The summed E-state index contributed by atoms with van der Waals surface area (Å²) >= 11 is 6.22. The summed E-state index contributed by atoms with van der Waals surface area (Å²) in [4.78, 5) is 19.4. The number of hydrogen-bond donors (Lipinski definition) is 2. The zero-order valence-electron chi connectivity index (χ0n) is 14.9. The topological polar surface area (TPSA) is 84.3 Å². The van der Waals surface area contributed by atoms with Gasteiger partial charge in [-0.25, -0.2) is 9.97 Å². The second-order valence-electron chi connectivity index (χ2n) is 6.38. The van der Waals surface area contributed by atoms with Crippen molar-refractivity contribution in [1.82, 2.24) is 9.97 Å². The number of aryl methyl sites for hydroxylation is 2. The molecule has 146 valence electrons. The number of anilines is 2. The van der Waals surface area contributed by atoms with E-state index < -0.39 is 5.97 Å². The second-order valence-corrected chi connectivity index (χ2v) is 6.78. The van der Waals surface area contributed by atoms with E-state index in [4.69, 9.17) is 21.4 Å². The molecule has 6 nitrogen and oxygen atoms in total. The molecule has 1 aromatic heterocycles. The predicted molar refractivity (Wildman–Crippen MR) is 107 cm³/mol. The van der Waals surface area contributed by atoms with Crippen LogP contribution in [-0.2, 0) is 22.4 Å². The van der Waals surface area contributed by atoms with Gasteiger partial charge in [0, 0.05) is 18.7 Å². The van der Waals surface area contributed by atoms with Gasteiger partial charge in [-0.05, 0) is 49.8 Å². The fourth-order valence-electron chi connectivity index (χ4n) is 2.94. The first-order chi connectivity index (χ1) is 12.6. The summed E-state index contributed by atoms with van der Waals surface area (Å²) < 4.78 is 5.65. The molecule has 0 saturated carbocycles. The molecular weight excluding hydrogens is 389 g/mol. The van der Waals surface area contributed by atoms with E-state index in [1.54, 1.807) is 6.20 Å². The van der Waals surface area contributed by atoms with Crippen molar-refractivity contribution in [3.8, 4) is 0 Å². The van der Waals surface area contributed by atoms with Gasteiger partial charge in [0.2, 0.25) is 5.95 Å². The van der Waals surface area contributed by atoms with Crippen molar-refractivity contribution in [3.05, 3.63) is 46.7 Å². The molecule has 0 amide bonds. The van der Waals surface area contributed by atoms with E-state index in [2.05, 4.69) is 15.3 Å². The zero-order valence-corrected chi connectivity index (χ0v) is 16.4. The highest BCUT2D eigenvalue weighted by atomic mass is 35.5. The Labute approximate surface area is 169 Å². The normalized spacial score (nSPS) is 16.0. The first-order valence-electron chi connectivity index (χ1n) is 8.81. The summed E-state index contributed by atoms with van der Waals surface area (Å²) in [6.45, 7) is 0.845. The van der Waals surface area contributed by atoms with Crippen LogP contribution >= 0.6 is 24.0 Å². The van der Waals surface area contributed by atoms with Crippen LogP contribution in [0.25, 0.3) is 0 Å². The van der Waals surface area contributed by atoms with Crippen molar-refractivity contribution in [2.75, 3.05) is 11.9 Å². The first-order valence-corrected chi connectivity index (χ1v) is 9.19. The summed E-state index contributed by atoms with van der Waals surface area (Å²) in [5.41, 5.74) is 2.64. The molecule has 2 aromatic rings. The van der Waals surface area contributed by atoms with Crippen molar-refractivity contribution >= 4 is 41.6 Å². The van der Waals surface area contributed by atoms with Crippen LogP contribution in [0, 0.1) is 0 Å². The van der Waals surface area contributed by atoms with E-state index in [0.29, 0.717) is 23.5 Å². The maximum atomic E-state index is 10.6. The van der Waals surface area contributed by atoms with Crippen LogP contribution in [0.1, 0.15) is 36.9 Å². The lowest BCUT2D eigenvalue weighted by molar-refractivity contribution is -0.136. The lowest BCUT2D eigenvalue weighted by Crippen LogP contribution is -2.08. The fraction of sp³-hybridized carbons (Fsp3) is 0.421. The number of aliphatic carboxylic acids is 1. The number of nitrogens with zero attached hydrogens (tertiary/aromatic N) is 2. The Balaban J connectivity index is 0.00000261. The highest BCUT2D eigenvalue weighted by Gasteiger charge is 2.16. The van der Waals surface area contributed by atoms with Crippen LogP contribution in [-0.4, -0.2) is 33.8 Å². The minimum atomic E-state index is -0.794. The van der Waals surface area contributed by atoms with Crippen molar-refractivity contribution < 1.29 is 14.6 Å². The van der Waals surface area contributed by atoms with Gasteiger partial charge in [0.25, 0.3) is 0 Å². The van der Waals surface area contributed by atoms with Gasteiger partial charge in [0.05, 0.1) is 23.0 Å². The molecule has 3 rings (SSSR count). The van der Waals surface area contributed by atoms with Gasteiger partial charge in [-0.15, -0.1) is 12.4 Å². The molecule has 1 saturated heterocycles. The molecular formula is C19H23Cl2N3O3. The minimum absolute atomic E-state index is 0. The smallest absolute Gasteiger partial charge is 0.303 e. The van der Waals surface area contributed by atoms with E-state index >= 15 is 0 Å². The molecule has 1 aliphatic heterocycles. The van der Waals surface area contributed by atoms with Crippen LogP contribution < -0.4 is 5.32 Å². The number of ether oxygens (including phenoxy) is 1. The number of carbonyl (C=O) groups is 1. The molecule has 2 N–H and O–H groups in total. The van der Waals surface area contributed by atoms with Crippen LogP contribution in [0.5, 0.6) is 0 Å². The number of rotatable bonds is 8. The Kier molecular flexibility index (Phi) is 8.28. The standard InChI is InChI=1S/C19H22ClN3O3.ClH/c20-16-12-21-19(23-17(16)9-8-15-2-1-11-26-15)22-14-6-3-13(4-7-14)5-10-18(24)25;/h3-4,6-7,12,15H,1-2,5,8-11H2,(H,24,25)(H,21,22,23);1H. The summed E-state index contributed by atoms with van der Waals surface area (Å²) in [5, 5.41) is 12.5. The molecule has 0 spiro atoms. The van der Waals surface area contributed by atoms with Crippen LogP contribution in [0.2, 0.25) is 5.02 Å². The molecule has 8 heteroatoms. The first kappa shape index (κ1) is 21.4. The third kappa shape index (κ3) is 6.65. The minimum Gasteiger partial charge on any atom is -0.481 e. The second kappa shape index (κ2) is 10.4. The van der Waals surface area contributed by atoms with E-state index in [-0.39, 0.29) is 18.8 Å². The number of benzene rings is 1. The molecule has 1 aromatic carbocycles. The quantitative estimate of drug-likeness (QED) is 0.668. The van der Waals surface area contributed by atoms with Crippen LogP contribution in [0.15, 0.2) is 30.5 Å². The van der Waals surface area contributed by atoms with Gasteiger partial charge in [0.1, 0.15) is 0 Å². The molecule has 1 fully saturated rings. The maximum Gasteiger partial charge on any atom is 0.303 e. The third-order valence-electron chi connectivity index (χ3n) is 4.38. The fourth-order valence-corrected chi connectivity index (χ4v) is 3.13. The van der Waals surface area contributed by atoms with Crippen LogP contribution in [0.3, 0.4) is 0 Å². The average Bonchev–Trinajstić information content (AvgIpc) is 3.15. The summed E-state index contributed by atoms with van der Waals surface area (Å²) in [6, 6.07) is 7.58. The monoisotopic (exact) mass is 411 g/mol. The third-order valence-corrected chi connectivity index (χ3v) is 4.70.